The van der Waals surface area contributed by atoms with E-state index < -0.39 is 10.0 Å². The van der Waals surface area contributed by atoms with Crippen LogP contribution in [0.1, 0.15) is 11.1 Å². The Labute approximate surface area is 140 Å². The van der Waals surface area contributed by atoms with E-state index in [2.05, 4.69) is 9.71 Å². The highest BCUT2D eigenvalue weighted by molar-refractivity contribution is 7.88. The summed E-state index contributed by atoms with van der Waals surface area (Å²) in [7, 11) is -3.48. The minimum absolute atomic E-state index is 0.143. The van der Waals surface area contributed by atoms with Crippen LogP contribution in [0.25, 0.3) is 10.9 Å². The summed E-state index contributed by atoms with van der Waals surface area (Å²) < 4.78 is 27.2. The Morgan fingerprint density at radius 2 is 1.70 bits per heavy atom. The van der Waals surface area contributed by atoms with Gasteiger partial charge in [0.25, 0.3) is 0 Å². The number of nitrogens with one attached hydrogen (secondary N) is 1. The summed E-state index contributed by atoms with van der Waals surface area (Å²) in [6, 6.07) is 16.4. The molecule has 0 unspecified atom stereocenters. The van der Waals surface area contributed by atoms with Gasteiger partial charge < -0.3 is 0 Å². The van der Waals surface area contributed by atoms with Crippen molar-refractivity contribution in [2.24, 2.45) is 0 Å². The van der Waals surface area contributed by atoms with Crippen molar-refractivity contribution in [3.63, 3.8) is 0 Å². The molecule has 3 rings (SSSR count). The SMILES string of the molecule is O=S(=O)(Cc1ccccc1Cl)NCc1ccnc2ccccc12. The highest BCUT2D eigenvalue weighted by Gasteiger charge is 2.14. The molecule has 1 heterocycles. The summed E-state index contributed by atoms with van der Waals surface area (Å²) in [6.07, 6.45) is 1.68. The fourth-order valence-corrected chi connectivity index (χ4v) is 3.79. The molecule has 6 heteroatoms. The second-order valence-electron chi connectivity index (χ2n) is 5.16. The fraction of sp³-hybridized carbons (Fsp3) is 0.118. The molecule has 0 fully saturated rings. The predicted molar refractivity (Wildman–Crippen MR) is 92.7 cm³/mol. The number of aromatic nitrogens is 1. The summed E-state index contributed by atoms with van der Waals surface area (Å²) in [4.78, 5) is 4.27. The van der Waals surface area contributed by atoms with Gasteiger partial charge in [0, 0.05) is 23.2 Å². The molecule has 0 aliphatic carbocycles. The number of rotatable bonds is 5. The van der Waals surface area contributed by atoms with Crippen LogP contribution in [-0.4, -0.2) is 13.4 Å². The molecule has 0 saturated heterocycles. The van der Waals surface area contributed by atoms with Crippen molar-refractivity contribution >= 4 is 32.5 Å². The zero-order valence-corrected chi connectivity index (χ0v) is 13.8. The number of benzene rings is 2. The summed E-state index contributed by atoms with van der Waals surface area (Å²) in [6.45, 7) is 0.218. The van der Waals surface area contributed by atoms with Gasteiger partial charge in [0.05, 0.1) is 11.3 Å². The first-order chi connectivity index (χ1) is 11.1. The maximum absolute atomic E-state index is 12.3. The highest BCUT2D eigenvalue weighted by atomic mass is 35.5. The first kappa shape index (κ1) is 15.9. The van der Waals surface area contributed by atoms with Crippen LogP contribution in [-0.2, 0) is 22.3 Å². The molecule has 0 saturated carbocycles. The first-order valence-corrected chi connectivity index (χ1v) is 9.11. The van der Waals surface area contributed by atoms with E-state index in [4.69, 9.17) is 11.6 Å². The Balaban J connectivity index is 1.78. The van der Waals surface area contributed by atoms with Crippen molar-refractivity contribution in [1.29, 1.82) is 0 Å². The van der Waals surface area contributed by atoms with Gasteiger partial charge in [0.2, 0.25) is 10.0 Å². The monoisotopic (exact) mass is 346 g/mol. The largest absolute Gasteiger partial charge is 0.256 e. The molecule has 1 N–H and O–H groups in total. The second-order valence-corrected chi connectivity index (χ2v) is 7.37. The number of fused-ring (bicyclic) bond motifs is 1. The van der Waals surface area contributed by atoms with Crippen LogP contribution in [0.5, 0.6) is 0 Å². The van der Waals surface area contributed by atoms with Crippen LogP contribution in [0, 0.1) is 0 Å². The molecule has 118 valence electrons. The Kier molecular flexibility index (Phi) is 4.61. The van der Waals surface area contributed by atoms with Gasteiger partial charge >= 0.3 is 0 Å². The summed E-state index contributed by atoms with van der Waals surface area (Å²) in [5.41, 5.74) is 2.31. The molecule has 1 aromatic heterocycles. The minimum Gasteiger partial charge on any atom is -0.256 e. The molecule has 23 heavy (non-hydrogen) atoms. The average molecular weight is 347 g/mol. The average Bonchev–Trinajstić information content (AvgIpc) is 2.55. The van der Waals surface area contributed by atoms with Crippen LogP contribution in [0.15, 0.2) is 60.8 Å². The van der Waals surface area contributed by atoms with Crippen LogP contribution in [0.2, 0.25) is 5.02 Å². The summed E-state index contributed by atoms with van der Waals surface area (Å²) in [5, 5.41) is 1.39. The van der Waals surface area contributed by atoms with E-state index in [1.165, 1.54) is 0 Å². The van der Waals surface area contributed by atoms with E-state index in [-0.39, 0.29) is 12.3 Å². The van der Waals surface area contributed by atoms with E-state index in [0.717, 1.165) is 16.5 Å². The molecule has 0 atom stereocenters. The number of hydrogen-bond acceptors (Lipinski definition) is 3. The van der Waals surface area contributed by atoms with Gasteiger partial charge in [0.15, 0.2) is 0 Å². The van der Waals surface area contributed by atoms with Gasteiger partial charge in [-0.15, -0.1) is 0 Å². The quantitative estimate of drug-likeness (QED) is 0.769. The van der Waals surface area contributed by atoms with Crippen molar-refractivity contribution in [2.75, 3.05) is 0 Å². The van der Waals surface area contributed by atoms with Crippen LogP contribution in [0.4, 0.5) is 0 Å². The van der Waals surface area contributed by atoms with E-state index >= 15 is 0 Å². The lowest BCUT2D eigenvalue weighted by Crippen LogP contribution is -2.25. The molecule has 2 aromatic carbocycles. The molecule has 0 spiro atoms. The molecular formula is C17H15ClN2O2S. The Hall–Kier alpha value is -1.95. The predicted octanol–water partition coefficient (Wildman–Crippen LogP) is 3.51. The third-order valence-electron chi connectivity index (χ3n) is 3.53. The standard InChI is InChI=1S/C17H15ClN2O2S/c18-16-7-3-1-5-14(16)12-23(21,22)20-11-13-9-10-19-17-8-4-2-6-15(13)17/h1-10,20H,11-12H2. The lowest BCUT2D eigenvalue weighted by molar-refractivity contribution is 0.580. The van der Waals surface area contributed by atoms with Gasteiger partial charge in [-0.2, -0.15) is 0 Å². The lowest BCUT2D eigenvalue weighted by Gasteiger charge is -2.10. The van der Waals surface area contributed by atoms with Crippen LogP contribution in [0.3, 0.4) is 0 Å². The second kappa shape index (κ2) is 6.66. The number of nitrogens with zero attached hydrogens (tertiary/aromatic N) is 1. The molecule has 0 aliphatic rings. The maximum Gasteiger partial charge on any atom is 0.216 e. The molecule has 0 amide bonds. The van der Waals surface area contributed by atoms with Gasteiger partial charge in [-0.1, -0.05) is 48.0 Å². The number of pyridine rings is 1. The van der Waals surface area contributed by atoms with Gasteiger partial charge in [-0.3, -0.25) is 4.98 Å². The summed E-state index contributed by atoms with van der Waals surface area (Å²) in [5.74, 6) is -0.143. The Morgan fingerprint density at radius 1 is 0.957 bits per heavy atom. The van der Waals surface area contributed by atoms with Crippen LogP contribution >= 0.6 is 11.6 Å². The van der Waals surface area contributed by atoms with Gasteiger partial charge in [0.1, 0.15) is 0 Å². The number of hydrogen-bond donors (Lipinski definition) is 1. The molecular weight excluding hydrogens is 332 g/mol. The molecule has 0 aliphatic heterocycles. The molecule has 4 nitrogen and oxygen atoms in total. The van der Waals surface area contributed by atoms with E-state index in [9.17, 15) is 8.42 Å². The normalized spacial score (nSPS) is 11.7. The van der Waals surface area contributed by atoms with Crippen molar-refractivity contribution < 1.29 is 8.42 Å². The van der Waals surface area contributed by atoms with Gasteiger partial charge in [-0.25, -0.2) is 13.1 Å². The highest BCUT2D eigenvalue weighted by Crippen LogP contribution is 2.19. The Morgan fingerprint density at radius 3 is 2.52 bits per heavy atom. The summed E-state index contributed by atoms with van der Waals surface area (Å²) >= 11 is 6.03. The van der Waals surface area contributed by atoms with Crippen molar-refractivity contribution in [3.8, 4) is 0 Å². The lowest BCUT2D eigenvalue weighted by atomic mass is 10.1. The smallest absolute Gasteiger partial charge is 0.216 e. The van der Waals surface area contributed by atoms with E-state index in [1.807, 2.05) is 30.3 Å². The topological polar surface area (TPSA) is 59.1 Å². The van der Waals surface area contributed by atoms with Gasteiger partial charge in [-0.05, 0) is 29.3 Å². The minimum atomic E-state index is -3.48. The van der Waals surface area contributed by atoms with E-state index in [0.29, 0.717) is 10.6 Å². The number of halogens is 1. The third kappa shape index (κ3) is 3.88. The third-order valence-corrected chi connectivity index (χ3v) is 5.17. The molecule has 3 aromatic rings. The Bertz CT molecular complexity index is 937. The number of sulfonamides is 1. The van der Waals surface area contributed by atoms with Crippen molar-refractivity contribution in [2.45, 2.75) is 12.3 Å². The number of para-hydroxylation sites is 1. The van der Waals surface area contributed by atoms with Crippen LogP contribution < -0.4 is 4.72 Å². The van der Waals surface area contributed by atoms with Crippen molar-refractivity contribution in [3.05, 3.63) is 76.9 Å². The fourth-order valence-electron chi connectivity index (χ4n) is 2.37. The zero-order valence-electron chi connectivity index (χ0n) is 12.2. The first-order valence-electron chi connectivity index (χ1n) is 7.08. The zero-order chi connectivity index (χ0) is 16.3. The maximum atomic E-state index is 12.3. The molecule has 0 bridgehead atoms. The molecule has 0 radical (unpaired) electrons. The van der Waals surface area contributed by atoms with E-state index in [1.54, 1.807) is 30.5 Å². The van der Waals surface area contributed by atoms with Crippen molar-refractivity contribution in [1.82, 2.24) is 9.71 Å².